The Balaban J connectivity index is 2.58. The van der Waals surface area contributed by atoms with Gasteiger partial charge in [0.15, 0.2) is 0 Å². The number of pyridine rings is 1. The number of carbonyl (C=O) groups excluding carboxylic acids is 2. The molecule has 1 rings (SSSR count). The fraction of sp³-hybridized carbons (Fsp3) is 0.632. The first-order chi connectivity index (χ1) is 12.1. The van der Waals surface area contributed by atoms with E-state index in [1.54, 1.807) is 36.4 Å². The number of ether oxygens (including phenoxy) is 1. The molecule has 0 spiro atoms. The van der Waals surface area contributed by atoms with Crippen molar-refractivity contribution >= 4 is 11.9 Å². The summed E-state index contributed by atoms with van der Waals surface area (Å²) >= 11 is 0. The second-order valence-electron chi connectivity index (χ2n) is 5.82. The number of hydrogen-bond donors (Lipinski definition) is 0. The SMILES string of the molecule is CCOC(=O)CCN(CCCCN(CC)CC)C(=O)c1ccncc1. The summed E-state index contributed by atoms with van der Waals surface area (Å²) in [6, 6.07) is 3.41. The molecule has 0 radical (unpaired) electrons. The summed E-state index contributed by atoms with van der Waals surface area (Å²) in [5.74, 6) is -0.326. The van der Waals surface area contributed by atoms with Gasteiger partial charge in [0.05, 0.1) is 13.0 Å². The summed E-state index contributed by atoms with van der Waals surface area (Å²) < 4.78 is 4.97. The molecule has 6 heteroatoms. The maximum absolute atomic E-state index is 12.7. The average Bonchev–Trinajstić information content (AvgIpc) is 2.64. The number of nitrogens with zero attached hydrogens (tertiary/aromatic N) is 3. The summed E-state index contributed by atoms with van der Waals surface area (Å²) in [7, 11) is 0. The number of carbonyl (C=O) groups is 2. The van der Waals surface area contributed by atoms with Crippen molar-refractivity contribution in [1.82, 2.24) is 14.8 Å². The monoisotopic (exact) mass is 349 g/mol. The molecule has 0 aliphatic carbocycles. The first-order valence-corrected chi connectivity index (χ1v) is 9.19. The van der Waals surface area contributed by atoms with Crippen LogP contribution in [-0.4, -0.2) is 66.0 Å². The van der Waals surface area contributed by atoms with Gasteiger partial charge >= 0.3 is 5.97 Å². The van der Waals surface area contributed by atoms with Crippen LogP contribution in [0.25, 0.3) is 0 Å². The molecule has 0 atom stereocenters. The predicted octanol–water partition coefficient (Wildman–Crippen LogP) is 2.60. The Kier molecular flexibility index (Phi) is 10.5. The van der Waals surface area contributed by atoms with Crippen LogP contribution in [0.15, 0.2) is 24.5 Å². The van der Waals surface area contributed by atoms with Crippen LogP contribution in [0.5, 0.6) is 0 Å². The van der Waals surface area contributed by atoms with Crippen LogP contribution in [-0.2, 0) is 9.53 Å². The first-order valence-electron chi connectivity index (χ1n) is 9.19. The third kappa shape index (κ3) is 8.12. The average molecular weight is 349 g/mol. The van der Waals surface area contributed by atoms with E-state index in [4.69, 9.17) is 4.74 Å². The molecule has 0 saturated heterocycles. The Hall–Kier alpha value is -1.95. The third-order valence-electron chi connectivity index (χ3n) is 4.15. The molecule has 0 unspecified atom stereocenters. The summed E-state index contributed by atoms with van der Waals surface area (Å²) in [6.45, 7) is 10.6. The molecule has 1 heterocycles. The van der Waals surface area contributed by atoms with Gasteiger partial charge in [-0.2, -0.15) is 0 Å². The van der Waals surface area contributed by atoms with Crippen molar-refractivity contribution < 1.29 is 14.3 Å². The molecule has 1 aromatic heterocycles. The van der Waals surface area contributed by atoms with Crippen LogP contribution in [0, 0.1) is 0 Å². The quantitative estimate of drug-likeness (QED) is 0.429. The van der Waals surface area contributed by atoms with E-state index < -0.39 is 0 Å². The molecular weight excluding hydrogens is 318 g/mol. The zero-order valence-corrected chi connectivity index (χ0v) is 15.7. The second-order valence-corrected chi connectivity index (χ2v) is 5.82. The zero-order valence-electron chi connectivity index (χ0n) is 15.7. The fourth-order valence-corrected chi connectivity index (χ4v) is 2.63. The van der Waals surface area contributed by atoms with Crippen molar-refractivity contribution in [3.63, 3.8) is 0 Å². The van der Waals surface area contributed by atoms with Crippen LogP contribution in [0.3, 0.4) is 0 Å². The van der Waals surface area contributed by atoms with Gasteiger partial charge in [0.1, 0.15) is 0 Å². The van der Waals surface area contributed by atoms with Crippen molar-refractivity contribution in [3.8, 4) is 0 Å². The lowest BCUT2D eigenvalue weighted by Gasteiger charge is -2.23. The highest BCUT2D eigenvalue weighted by Gasteiger charge is 2.17. The Morgan fingerprint density at radius 2 is 1.64 bits per heavy atom. The number of amides is 1. The van der Waals surface area contributed by atoms with Crippen LogP contribution in [0.1, 0.15) is 50.4 Å². The standard InChI is InChI=1S/C19H31N3O3/c1-4-21(5-2)14-7-8-15-22(16-11-18(23)25-6-3)19(24)17-9-12-20-13-10-17/h9-10,12-13H,4-8,11,14-16H2,1-3H3. The van der Waals surface area contributed by atoms with Crippen LogP contribution < -0.4 is 0 Å². The van der Waals surface area contributed by atoms with Gasteiger partial charge in [-0.1, -0.05) is 13.8 Å². The van der Waals surface area contributed by atoms with E-state index in [9.17, 15) is 9.59 Å². The van der Waals surface area contributed by atoms with Gasteiger partial charge < -0.3 is 14.5 Å². The highest BCUT2D eigenvalue weighted by Crippen LogP contribution is 2.07. The van der Waals surface area contributed by atoms with E-state index in [-0.39, 0.29) is 18.3 Å². The van der Waals surface area contributed by atoms with Gasteiger partial charge in [0.2, 0.25) is 0 Å². The van der Waals surface area contributed by atoms with Crippen molar-refractivity contribution in [1.29, 1.82) is 0 Å². The van der Waals surface area contributed by atoms with Crippen LogP contribution >= 0.6 is 0 Å². The fourth-order valence-electron chi connectivity index (χ4n) is 2.63. The van der Waals surface area contributed by atoms with Crippen molar-refractivity contribution in [3.05, 3.63) is 30.1 Å². The van der Waals surface area contributed by atoms with Crippen LogP contribution in [0.4, 0.5) is 0 Å². The Morgan fingerprint density at radius 1 is 1.00 bits per heavy atom. The Labute approximate surface area is 151 Å². The summed E-state index contributed by atoms with van der Waals surface area (Å²) in [4.78, 5) is 32.4. The molecule has 1 amide bonds. The summed E-state index contributed by atoms with van der Waals surface area (Å²) in [5, 5.41) is 0. The number of aromatic nitrogens is 1. The van der Waals surface area contributed by atoms with E-state index in [0.717, 1.165) is 32.5 Å². The molecular formula is C19H31N3O3. The maximum atomic E-state index is 12.7. The van der Waals surface area contributed by atoms with E-state index in [2.05, 4.69) is 23.7 Å². The molecule has 140 valence electrons. The lowest BCUT2D eigenvalue weighted by Crippen LogP contribution is -2.34. The molecule has 0 aromatic carbocycles. The first kappa shape index (κ1) is 21.1. The highest BCUT2D eigenvalue weighted by molar-refractivity contribution is 5.94. The molecule has 1 aromatic rings. The molecule has 0 saturated carbocycles. The number of hydrogen-bond acceptors (Lipinski definition) is 5. The molecule has 6 nitrogen and oxygen atoms in total. The maximum Gasteiger partial charge on any atom is 0.307 e. The van der Waals surface area contributed by atoms with E-state index in [1.807, 2.05) is 0 Å². The minimum Gasteiger partial charge on any atom is -0.466 e. The summed E-state index contributed by atoms with van der Waals surface area (Å²) in [5.41, 5.74) is 0.600. The lowest BCUT2D eigenvalue weighted by molar-refractivity contribution is -0.143. The van der Waals surface area contributed by atoms with Crippen molar-refractivity contribution in [2.24, 2.45) is 0 Å². The molecule has 0 aliphatic heterocycles. The van der Waals surface area contributed by atoms with E-state index in [1.165, 1.54) is 0 Å². The topological polar surface area (TPSA) is 62.7 Å². The third-order valence-corrected chi connectivity index (χ3v) is 4.15. The Bertz CT molecular complexity index is 504. The lowest BCUT2D eigenvalue weighted by atomic mass is 10.2. The molecule has 0 aliphatic rings. The van der Waals surface area contributed by atoms with Crippen molar-refractivity contribution in [2.45, 2.75) is 40.0 Å². The molecule has 0 N–H and O–H groups in total. The minimum atomic E-state index is -0.266. The predicted molar refractivity (Wildman–Crippen MR) is 98.4 cm³/mol. The number of unbranched alkanes of at least 4 members (excludes halogenated alkanes) is 1. The van der Waals surface area contributed by atoms with E-state index >= 15 is 0 Å². The zero-order chi connectivity index (χ0) is 18.5. The van der Waals surface area contributed by atoms with Gasteiger partial charge in [-0.25, -0.2) is 0 Å². The van der Waals surface area contributed by atoms with Gasteiger partial charge in [-0.3, -0.25) is 14.6 Å². The highest BCUT2D eigenvalue weighted by atomic mass is 16.5. The van der Waals surface area contributed by atoms with Gasteiger partial charge in [0.25, 0.3) is 5.91 Å². The number of rotatable bonds is 12. The van der Waals surface area contributed by atoms with Gasteiger partial charge in [0, 0.05) is 31.0 Å². The normalized spacial score (nSPS) is 10.7. The van der Waals surface area contributed by atoms with Crippen LogP contribution in [0.2, 0.25) is 0 Å². The largest absolute Gasteiger partial charge is 0.466 e. The minimum absolute atomic E-state index is 0.0606. The molecule has 0 fully saturated rings. The molecule has 25 heavy (non-hydrogen) atoms. The second kappa shape index (κ2) is 12.4. The number of esters is 1. The Morgan fingerprint density at radius 3 is 2.24 bits per heavy atom. The van der Waals surface area contributed by atoms with Gasteiger partial charge in [-0.05, 0) is 51.5 Å². The molecule has 0 bridgehead atoms. The van der Waals surface area contributed by atoms with E-state index in [0.29, 0.717) is 25.3 Å². The summed E-state index contributed by atoms with van der Waals surface area (Å²) in [6.07, 6.45) is 5.38. The smallest absolute Gasteiger partial charge is 0.307 e. The van der Waals surface area contributed by atoms with Gasteiger partial charge in [-0.15, -0.1) is 0 Å². The van der Waals surface area contributed by atoms with Crippen molar-refractivity contribution in [2.75, 3.05) is 39.3 Å².